The van der Waals surface area contributed by atoms with Crippen molar-refractivity contribution in [2.24, 2.45) is 5.92 Å². The zero-order chi connectivity index (χ0) is 15.1. The molecule has 1 heterocycles. The zero-order valence-electron chi connectivity index (χ0n) is 11.3. The molecule has 0 spiro atoms. The number of benzene rings is 1. The molecule has 21 heavy (non-hydrogen) atoms. The summed E-state index contributed by atoms with van der Waals surface area (Å²) >= 11 is 5.69. The van der Waals surface area contributed by atoms with E-state index < -0.39 is 23.7 Å². The average molecular weight is 312 g/mol. The molecule has 4 nitrogen and oxygen atoms in total. The molecule has 1 amide bonds. The summed E-state index contributed by atoms with van der Waals surface area (Å²) in [5.41, 5.74) is 0.504. The van der Waals surface area contributed by atoms with Crippen LogP contribution in [0.4, 0.5) is 4.39 Å². The number of carboxylic acid groups (broad SMARTS) is 1. The third kappa shape index (κ3) is 2.62. The van der Waals surface area contributed by atoms with Gasteiger partial charge in [0.1, 0.15) is 5.82 Å². The maximum absolute atomic E-state index is 13.7. The Kier molecular flexibility index (Phi) is 3.61. The quantitative estimate of drug-likeness (QED) is 0.933. The average Bonchev–Trinajstić information content (AvgIpc) is 3.25. The van der Waals surface area contributed by atoms with E-state index in [1.807, 2.05) is 0 Å². The van der Waals surface area contributed by atoms with Crippen LogP contribution < -0.4 is 0 Å². The van der Waals surface area contributed by atoms with Gasteiger partial charge in [-0.3, -0.25) is 9.59 Å². The van der Waals surface area contributed by atoms with Gasteiger partial charge in [-0.1, -0.05) is 17.7 Å². The number of halogens is 2. The van der Waals surface area contributed by atoms with Crippen LogP contribution in [-0.2, 0) is 9.59 Å². The molecule has 0 radical (unpaired) electrons. The predicted molar refractivity (Wildman–Crippen MR) is 74.4 cm³/mol. The van der Waals surface area contributed by atoms with E-state index in [0.717, 1.165) is 12.8 Å². The number of aliphatic carboxylic acids is 1. The van der Waals surface area contributed by atoms with Crippen LogP contribution in [0.5, 0.6) is 0 Å². The van der Waals surface area contributed by atoms with Crippen LogP contribution in [0.15, 0.2) is 18.2 Å². The number of nitrogens with zero attached hydrogens (tertiary/aromatic N) is 1. The fourth-order valence-electron chi connectivity index (χ4n) is 3.05. The number of amides is 1. The number of hydrogen-bond acceptors (Lipinski definition) is 2. The summed E-state index contributed by atoms with van der Waals surface area (Å²) < 4.78 is 13.7. The summed E-state index contributed by atoms with van der Waals surface area (Å²) in [5, 5.41) is 9.43. The topological polar surface area (TPSA) is 57.6 Å². The van der Waals surface area contributed by atoms with Gasteiger partial charge < -0.3 is 10.0 Å². The van der Waals surface area contributed by atoms with Crippen LogP contribution in [0.25, 0.3) is 0 Å². The Morgan fingerprint density at radius 3 is 2.62 bits per heavy atom. The first-order valence-electron chi connectivity index (χ1n) is 6.98. The molecule has 1 N–H and O–H groups in total. The highest BCUT2D eigenvalue weighted by Gasteiger charge is 2.46. The number of piperidine rings is 1. The van der Waals surface area contributed by atoms with Gasteiger partial charge >= 0.3 is 5.97 Å². The van der Waals surface area contributed by atoms with E-state index in [1.54, 1.807) is 11.0 Å². The molecule has 0 aromatic heterocycles. The van der Waals surface area contributed by atoms with Crippen LogP contribution >= 0.6 is 11.6 Å². The smallest absolute Gasteiger partial charge is 0.308 e. The second-order valence-electron chi connectivity index (χ2n) is 5.63. The van der Waals surface area contributed by atoms with Gasteiger partial charge in [0.05, 0.1) is 17.0 Å². The second kappa shape index (κ2) is 5.30. The van der Waals surface area contributed by atoms with Gasteiger partial charge in [0, 0.05) is 12.5 Å². The largest absolute Gasteiger partial charge is 0.481 e. The summed E-state index contributed by atoms with van der Waals surface area (Å²) in [6, 6.07) is 3.75. The normalized spacial score (nSPS) is 26.0. The van der Waals surface area contributed by atoms with Gasteiger partial charge in [0.2, 0.25) is 5.91 Å². The van der Waals surface area contributed by atoms with E-state index in [1.165, 1.54) is 12.1 Å². The molecule has 3 rings (SSSR count). The van der Waals surface area contributed by atoms with E-state index in [9.17, 15) is 19.1 Å². The van der Waals surface area contributed by atoms with Crippen molar-refractivity contribution in [3.8, 4) is 0 Å². The molecule has 1 aromatic carbocycles. The molecule has 2 unspecified atom stereocenters. The molecule has 112 valence electrons. The van der Waals surface area contributed by atoms with Crippen molar-refractivity contribution in [3.05, 3.63) is 34.6 Å². The summed E-state index contributed by atoms with van der Waals surface area (Å²) in [6.07, 6.45) is 2.28. The van der Waals surface area contributed by atoms with E-state index >= 15 is 0 Å². The Bertz CT molecular complexity index is 603. The summed E-state index contributed by atoms with van der Waals surface area (Å²) in [6.45, 7) is 0. The van der Waals surface area contributed by atoms with Crippen molar-refractivity contribution in [1.82, 2.24) is 4.90 Å². The lowest BCUT2D eigenvalue weighted by atomic mass is 9.84. The molecule has 2 fully saturated rings. The highest BCUT2D eigenvalue weighted by molar-refractivity contribution is 6.30. The third-order valence-corrected chi connectivity index (χ3v) is 4.49. The van der Waals surface area contributed by atoms with Crippen molar-refractivity contribution >= 4 is 23.5 Å². The second-order valence-corrected chi connectivity index (χ2v) is 6.04. The van der Waals surface area contributed by atoms with Gasteiger partial charge in [0.15, 0.2) is 0 Å². The van der Waals surface area contributed by atoms with Crippen molar-refractivity contribution in [2.45, 2.75) is 37.8 Å². The monoisotopic (exact) mass is 311 g/mol. The standard InChI is InChI=1S/C15H15ClFNO3/c16-11-5-1-8(7-12(11)17)14-10(15(20)21)4-6-13(19)18(14)9-2-3-9/h1,5,7,9-10,14H,2-4,6H2,(H,20,21). The maximum atomic E-state index is 13.7. The third-order valence-electron chi connectivity index (χ3n) is 4.18. The van der Waals surface area contributed by atoms with Crippen LogP contribution in [0.2, 0.25) is 5.02 Å². The molecule has 2 aliphatic rings. The minimum Gasteiger partial charge on any atom is -0.481 e. The lowest BCUT2D eigenvalue weighted by Crippen LogP contribution is -2.46. The van der Waals surface area contributed by atoms with E-state index in [-0.39, 0.29) is 29.8 Å². The molecule has 1 aliphatic heterocycles. The van der Waals surface area contributed by atoms with Gasteiger partial charge in [-0.15, -0.1) is 0 Å². The molecular formula is C15H15ClFNO3. The number of carboxylic acids is 1. The first kappa shape index (κ1) is 14.3. The van der Waals surface area contributed by atoms with Crippen molar-refractivity contribution < 1.29 is 19.1 Å². The molecule has 6 heteroatoms. The molecule has 1 aromatic rings. The number of carbonyl (C=O) groups is 2. The minimum atomic E-state index is -0.950. The fourth-order valence-corrected chi connectivity index (χ4v) is 3.16. The Hall–Kier alpha value is -1.62. The molecule has 1 aliphatic carbocycles. The molecule has 0 bridgehead atoms. The molecule has 2 atom stereocenters. The first-order valence-corrected chi connectivity index (χ1v) is 7.35. The van der Waals surface area contributed by atoms with Gasteiger partial charge in [-0.05, 0) is 37.0 Å². The summed E-state index contributed by atoms with van der Waals surface area (Å²) in [4.78, 5) is 25.4. The van der Waals surface area contributed by atoms with E-state index in [4.69, 9.17) is 11.6 Å². The Balaban J connectivity index is 2.03. The highest BCUT2D eigenvalue weighted by Crippen LogP contribution is 2.44. The van der Waals surface area contributed by atoms with Gasteiger partial charge in [0.25, 0.3) is 0 Å². The minimum absolute atomic E-state index is 0.00858. The van der Waals surface area contributed by atoms with E-state index in [2.05, 4.69) is 0 Å². The summed E-state index contributed by atoms with van der Waals surface area (Å²) in [5.74, 6) is -2.29. The maximum Gasteiger partial charge on any atom is 0.308 e. The molecule has 1 saturated heterocycles. The van der Waals surface area contributed by atoms with Crippen molar-refractivity contribution in [3.63, 3.8) is 0 Å². The van der Waals surface area contributed by atoms with Crippen molar-refractivity contribution in [1.29, 1.82) is 0 Å². The Morgan fingerprint density at radius 1 is 1.33 bits per heavy atom. The lowest BCUT2D eigenvalue weighted by Gasteiger charge is -2.40. The fraction of sp³-hybridized carbons (Fsp3) is 0.467. The molecular weight excluding hydrogens is 297 g/mol. The summed E-state index contributed by atoms with van der Waals surface area (Å²) in [7, 11) is 0. The number of likely N-dealkylation sites (tertiary alicyclic amines) is 1. The number of hydrogen-bond donors (Lipinski definition) is 1. The number of carbonyl (C=O) groups excluding carboxylic acids is 1. The highest BCUT2D eigenvalue weighted by atomic mass is 35.5. The number of rotatable bonds is 3. The SMILES string of the molecule is O=C(O)C1CCC(=O)N(C2CC2)C1c1ccc(Cl)c(F)c1. The van der Waals surface area contributed by atoms with Crippen LogP contribution in [0, 0.1) is 11.7 Å². The predicted octanol–water partition coefficient (Wildman–Crippen LogP) is 3.01. The zero-order valence-corrected chi connectivity index (χ0v) is 12.0. The van der Waals surface area contributed by atoms with Crippen molar-refractivity contribution in [2.75, 3.05) is 0 Å². The Labute approximate surface area is 126 Å². The Morgan fingerprint density at radius 2 is 2.05 bits per heavy atom. The van der Waals surface area contributed by atoms with Crippen LogP contribution in [0.3, 0.4) is 0 Å². The van der Waals surface area contributed by atoms with Crippen LogP contribution in [-0.4, -0.2) is 27.9 Å². The molecule has 1 saturated carbocycles. The van der Waals surface area contributed by atoms with Gasteiger partial charge in [-0.25, -0.2) is 4.39 Å². The van der Waals surface area contributed by atoms with Crippen LogP contribution in [0.1, 0.15) is 37.3 Å². The first-order chi connectivity index (χ1) is 9.99. The van der Waals surface area contributed by atoms with E-state index in [0.29, 0.717) is 5.56 Å². The van der Waals surface area contributed by atoms with Gasteiger partial charge in [-0.2, -0.15) is 0 Å². The lowest BCUT2D eigenvalue weighted by molar-refractivity contribution is -0.152.